The van der Waals surface area contributed by atoms with E-state index in [-0.39, 0.29) is 10.7 Å². The third kappa shape index (κ3) is 3.08. The van der Waals surface area contributed by atoms with Crippen molar-refractivity contribution in [2.24, 2.45) is 0 Å². The van der Waals surface area contributed by atoms with Crippen LogP contribution in [0.5, 0.6) is 0 Å². The van der Waals surface area contributed by atoms with E-state index in [4.69, 9.17) is 0 Å². The van der Waals surface area contributed by atoms with Crippen molar-refractivity contribution in [3.8, 4) is 0 Å². The number of benzene rings is 1. The van der Waals surface area contributed by atoms with Crippen LogP contribution in [-0.2, 0) is 10.0 Å². The highest BCUT2D eigenvalue weighted by atomic mass is 79.9. The Morgan fingerprint density at radius 1 is 1.17 bits per heavy atom. The lowest BCUT2D eigenvalue weighted by atomic mass is 10.2. The van der Waals surface area contributed by atoms with Gasteiger partial charge in [-0.3, -0.25) is 4.72 Å². The number of hydrogen-bond donors (Lipinski definition) is 1. The van der Waals surface area contributed by atoms with Gasteiger partial charge < -0.3 is 0 Å². The van der Waals surface area contributed by atoms with Crippen LogP contribution in [0.1, 0.15) is 5.56 Å². The third-order valence-corrected chi connectivity index (χ3v) is 4.05. The van der Waals surface area contributed by atoms with Crippen molar-refractivity contribution >= 4 is 31.8 Å². The number of rotatable bonds is 3. The Bertz CT molecular complexity index is 671. The summed E-state index contributed by atoms with van der Waals surface area (Å²) in [5.41, 5.74) is 0.889. The molecule has 0 spiro atoms. The predicted molar refractivity (Wildman–Crippen MR) is 73.9 cm³/mol. The van der Waals surface area contributed by atoms with E-state index in [0.717, 1.165) is 5.56 Å². The van der Waals surface area contributed by atoms with Crippen molar-refractivity contribution in [1.82, 2.24) is 4.98 Å². The van der Waals surface area contributed by atoms with Crippen LogP contribution in [-0.4, -0.2) is 13.4 Å². The zero-order chi connectivity index (χ0) is 13.2. The second-order valence-corrected chi connectivity index (χ2v) is 6.26. The molecule has 0 bridgehead atoms. The Labute approximate surface area is 114 Å². The molecule has 0 radical (unpaired) electrons. The van der Waals surface area contributed by atoms with Gasteiger partial charge in [-0.2, -0.15) is 0 Å². The molecule has 0 unspecified atom stereocenters. The molecule has 1 heterocycles. The molecule has 2 aromatic rings. The van der Waals surface area contributed by atoms with Crippen molar-refractivity contribution in [3.63, 3.8) is 0 Å². The second kappa shape index (κ2) is 5.07. The molecular formula is C12H11BrN2O2S. The number of halogens is 1. The summed E-state index contributed by atoms with van der Waals surface area (Å²) in [6, 6.07) is 11.7. The number of pyridine rings is 1. The number of nitrogens with zero attached hydrogens (tertiary/aromatic N) is 1. The summed E-state index contributed by atoms with van der Waals surface area (Å²) < 4.78 is 27.2. The number of nitrogens with one attached hydrogen (secondary N) is 1. The van der Waals surface area contributed by atoms with Gasteiger partial charge in [0.15, 0.2) is 0 Å². The van der Waals surface area contributed by atoms with Crippen LogP contribution in [0, 0.1) is 6.92 Å². The summed E-state index contributed by atoms with van der Waals surface area (Å²) in [5.74, 6) is 0.283. The lowest BCUT2D eigenvalue weighted by Crippen LogP contribution is -2.14. The van der Waals surface area contributed by atoms with Gasteiger partial charge in [0.1, 0.15) is 10.4 Å². The van der Waals surface area contributed by atoms with Crippen molar-refractivity contribution < 1.29 is 8.42 Å². The van der Waals surface area contributed by atoms with E-state index in [1.807, 2.05) is 13.0 Å². The number of hydrogen-bond acceptors (Lipinski definition) is 3. The average molecular weight is 327 g/mol. The lowest BCUT2D eigenvalue weighted by molar-refractivity contribution is 0.601. The molecule has 0 aliphatic carbocycles. The number of aromatic nitrogens is 1. The van der Waals surface area contributed by atoms with E-state index < -0.39 is 10.0 Å². The fourth-order valence-electron chi connectivity index (χ4n) is 1.44. The molecule has 0 amide bonds. The topological polar surface area (TPSA) is 59.1 Å². The molecule has 0 saturated carbocycles. The highest BCUT2D eigenvalue weighted by Gasteiger charge is 2.14. The van der Waals surface area contributed by atoms with Gasteiger partial charge in [0, 0.05) is 0 Å². The predicted octanol–water partition coefficient (Wildman–Crippen LogP) is 2.95. The monoisotopic (exact) mass is 326 g/mol. The second-order valence-electron chi connectivity index (χ2n) is 3.77. The van der Waals surface area contributed by atoms with Gasteiger partial charge in [0.2, 0.25) is 0 Å². The fourth-order valence-corrected chi connectivity index (χ4v) is 2.89. The van der Waals surface area contributed by atoms with Crippen LogP contribution in [0.15, 0.2) is 52.0 Å². The maximum Gasteiger partial charge on any atom is 0.263 e. The van der Waals surface area contributed by atoms with E-state index >= 15 is 0 Å². The molecular weight excluding hydrogens is 316 g/mol. The van der Waals surface area contributed by atoms with Crippen LogP contribution in [0.2, 0.25) is 0 Å². The number of sulfonamides is 1. The van der Waals surface area contributed by atoms with Gasteiger partial charge in [-0.1, -0.05) is 18.2 Å². The quantitative estimate of drug-likeness (QED) is 0.882. The summed E-state index contributed by atoms with van der Waals surface area (Å²) in [7, 11) is -3.59. The van der Waals surface area contributed by atoms with Crippen molar-refractivity contribution in [1.29, 1.82) is 0 Å². The molecule has 6 heteroatoms. The van der Waals surface area contributed by atoms with Gasteiger partial charge >= 0.3 is 0 Å². The minimum Gasteiger partial charge on any atom is -0.263 e. The van der Waals surface area contributed by atoms with Gasteiger partial charge in [-0.15, -0.1) is 0 Å². The molecule has 1 aromatic carbocycles. The van der Waals surface area contributed by atoms with E-state index in [0.29, 0.717) is 4.60 Å². The summed E-state index contributed by atoms with van der Waals surface area (Å²) in [4.78, 5) is 4.26. The highest BCUT2D eigenvalue weighted by molar-refractivity contribution is 9.10. The van der Waals surface area contributed by atoms with Crippen LogP contribution < -0.4 is 4.72 Å². The van der Waals surface area contributed by atoms with Crippen molar-refractivity contribution in [3.05, 3.63) is 52.6 Å². The first-order valence-corrected chi connectivity index (χ1v) is 7.47. The Morgan fingerprint density at radius 2 is 1.89 bits per heavy atom. The van der Waals surface area contributed by atoms with E-state index in [2.05, 4.69) is 25.6 Å². The molecule has 4 nitrogen and oxygen atoms in total. The molecule has 0 atom stereocenters. The minimum atomic E-state index is -3.59. The first-order valence-electron chi connectivity index (χ1n) is 5.19. The smallest absolute Gasteiger partial charge is 0.263 e. The van der Waals surface area contributed by atoms with Crippen LogP contribution >= 0.6 is 15.9 Å². The fraction of sp³-hybridized carbons (Fsp3) is 0.0833. The SMILES string of the molecule is Cc1cccc(S(=O)(=O)Nc2cccc(Br)n2)c1. The Balaban J connectivity index is 2.33. The van der Waals surface area contributed by atoms with Crippen molar-refractivity contribution in [2.75, 3.05) is 4.72 Å². The number of anilines is 1. The Morgan fingerprint density at radius 3 is 2.56 bits per heavy atom. The van der Waals surface area contributed by atoms with Gasteiger partial charge in [0.25, 0.3) is 10.0 Å². The van der Waals surface area contributed by atoms with Crippen LogP contribution in [0.4, 0.5) is 5.82 Å². The molecule has 0 fully saturated rings. The van der Waals surface area contributed by atoms with Gasteiger partial charge in [0.05, 0.1) is 4.90 Å². The molecule has 1 N–H and O–H groups in total. The Hall–Kier alpha value is -1.40. The van der Waals surface area contributed by atoms with E-state index in [1.54, 1.807) is 36.4 Å². The molecule has 1 aromatic heterocycles. The minimum absolute atomic E-state index is 0.226. The first kappa shape index (κ1) is 13.0. The van der Waals surface area contributed by atoms with E-state index in [1.165, 1.54) is 0 Å². The Kier molecular flexibility index (Phi) is 3.68. The van der Waals surface area contributed by atoms with Gasteiger partial charge in [-0.25, -0.2) is 13.4 Å². The standard InChI is InChI=1S/C12H11BrN2O2S/c1-9-4-2-5-10(8-9)18(16,17)15-12-7-3-6-11(13)14-12/h2-8H,1H3,(H,14,15). The zero-order valence-corrected chi connectivity index (χ0v) is 12.0. The summed E-state index contributed by atoms with van der Waals surface area (Å²) in [5, 5.41) is 0. The molecule has 18 heavy (non-hydrogen) atoms. The normalized spacial score (nSPS) is 11.2. The van der Waals surface area contributed by atoms with Crippen LogP contribution in [0.25, 0.3) is 0 Å². The van der Waals surface area contributed by atoms with E-state index in [9.17, 15) is 8.42 Å². The molecule has 0 aliphatic rings. The maximum atomic E-state index is 12.1. The highest BCUT2D eigenvalue weighted by Crippen LogP contribution is 2.17. The molecule has 94 valence electrons. The molecule has 2 rings (SSSR count). The van der Waals surface area contributed by atoms with Gasteiger partial charge in [-0.05, 0) is 52.7 Å². The molecule has 0 saturated heterocycles. The largest absolute Gasteiger partial charge is 0.263 e. The zero-order valence-electron chi connectivity index (χ0n) is 9.59. The molecule has 0 aliphatic heterocycles. The lowest BCUT2D eigenvalue weighted by Gasteiger charge is -2.07. The van der Waals surface area contributed by atoms with Crippen LogP contribution in [0.3, 0.4) is 0 Å². The summed E-state index contributed by atoms with van der Waals surface area (Å²) in [6.45, 7) is 1.84. The summed E-state index contributed by atoms with van der Waals surface area (Å²) >= 11 is 3.19. The maximum absolute atomic E-state index is 12.1. The third-order valence-electron chi connectivity index (χ3n) is 2.25. The average Bonchev–Trinajstić information content (AvgIpc) is 2.28. The number of aryl methyl sites for hydroxylation is 1. The van der Waals surface area contributed by atoms with Crippen molar-refractivity contribution in [2.45, 2.75) is 11.8 Å². The first-order chi connectivity index (χ1) is 8.47. The summed E-state index contributed by atoms with van der Waals surface area (Å²) in [6.07, 6.45) is 0.